The maximum absolute atomic E-state index is 12.9. The standard InChI is InChI=1S/C28H28N2O3S/c1-3-5-19-8-14-23(15-9-19)27(32)30(2)18-21-6-4-7-24(16-21)22-12-10-20(11-13-22)17-25-26(31)29-28(33)34-25/h4,6-16,25H,3,5,17-18H2,1-2H3,(H,29,31,33). The first-order chi connectivity index (χ1) is 16.4. The van der Waals surface area contributed by atoms with Crippen molar-refractivity contribution in [2.24, 2.45) is 0 Å². The minimum atomic E-state index is -0.363. The molecular weight excluding hydrogens is 444 g/mol. The van der Waals surface area contributed by atoms with Crippen LogP contribution < -0.4 is 5.32 Å². The first kappa shape index (κ1) is 23.8. The zero-order chi connectivity index (χ0) is 24.1. The van der Waals surface area contributed by atoms with E-state index < -0.39 is 0 Å². The number of aryl methyl sites for hydroxylation is 1. The molecule has 0 aromatic heterocycles. The Kier molecular flexibility index (Phi) is 7.48. The van der Waals surface area contributed by atoms with Gasteiger partial charge in [0.15, 0.2) is 0 Å². The minimum Gasteiger partial charge on any atom is -0.337 e. The third kappa shape index (κ3) is 5.75. The number of nitrogens with one attached hydrogen (secondary N) is 1. The second-order valence-electron chi connectivity index (χ2n) is 8.59. The summed E-state index contributed by atoms with van der Waals surface area (Å²) in [6, 6.07) is 24.1. The lowest BCUT2D eigenvalue weighted by Crippen LogP contribution is -2.26. The molecular formula is C28H28N2O3S. The summed E-state index contributed by atoms with van der Waals surface area (Å²) in [5, 5.41) is 1.69. The van der Waals surface area contributed by atoms with E-state index in [-0.39, 0.29) is 22.3 Å². The summed E-state index contributed by atoms with van der Waals surface area (Å²) in [5.74, 6) is -0.215. The average molecular weight is 473 g/mol. The molecule has 1 unspecified atom stereocenters. The van der Waals surface area contributed by atoms with Gasteiger partial charge < -0.3 is 4.90 Å². The summed E-state index contributed by atoms with van der Waals surface area (Å²) in [7, 11) is 1.83. The highest BCUT2D eigenvalue weighted by atomic mass is 32.2. The van der Waals surface area contributed by atoms with Gasteiger partial charge in [0.25, 0.3) is 11.1 Å². The van der Waals surface area contributed by atoms with Crippen LogP contribution in [0.2, 0.25) is 0 Å². The van der Waals surface area contributed by atoms with Crippen molar-refractivity contribution in [2.75, 3.05) is 7.05 Å². The van der Waals surface area contributed by atoms with Gasteiger partial charge in [-0.15, -0.1) is 0 Å². The number of hydrogen-bond donors (Lipinski definition) is 1. The van der Waals surface area contributed by atoms with Crippen LogP contribution in [0.4, 0.5) is 4.79 Å². The highest BCUT2D eigenvalue weighted by molar-refractivity contribution is 8.15. The third-order valence-electron chi connectivity index (χ3n) is 5.91. The predicted octanol–water partition coefficient (Wildman–Crippen LogP) is 5.47. The van der Waals surface area contributed by atoms with Crippen molar-refractivity contribution in [1.29, 1.82) is 0 Å². The molecule has 3 aromatic rings. The van der Waals surface area contributed by atoms with Crippen molar-refractivity contribution in [3.05, 3.63) is 95.1 Å². The molecule has 1 atom stereocenters. The Bertz CT molecular complexity index is 1190. The Morgan fingerprint density at radius 1 is 0.912 bits per heavy atom. The number of thioether (sulfide) groups is 1. The molecule has 0 aliphatic carbocycles. The quantitative estimate of drug-likeness (QED) is 0.472. The Balaban J connectivity index is 1.40. The van der Waals surface area contributed by atoms with Crippen molar-refractivity contribution in [1.82, 2.24) is 10.2 Å². The molecule has 0 radical (unpaired) electrons. The van der Waals surface area contributed by atoms with Gasteiger partial charge in [-0.3, -0.25) is 19.7 Å². The van der Waals surface area contributed by atoms with Crippen LogP contribution in [-0.4, -0.2) is 34.3 Å². The summed E-state index contributed by atoms with van der Waals surface area (Å²) in [6.07, 6.45) is 2.63. The maximum atomic E-state index is 12.9. The van der Waals surface area contributed by atoms with Crippen molar-refractivity contribution in [3.8, 4) is 11.1 Å². The van der Waals surface area contributed by atoms with E-state index in [1.807, 2.05) is 73.8 Å². The van der Waals surface area contributed by atoms with Gasteiger partial charge in [0, 0.05) is 19.2 Å². The number of hydrogen-bond acceptors (Lipinski definition) is 4. The number of carbonyl (C=O) groups is 3. The predicted molar refractivity (Wildman–Crippen MR) is 137 cm³/mol. The second kappa shape index (κ2) is 10.7. The maximum Gasteiger partial charge on any atom is 0.286 e. The molecule has 1 aliphatic rings. The fourth-order valence-corrected chi connectivity index (χ4v) is 4.95. The van der Waals surface area contributed by atoms with E-state index in [1.54, 1.807) is 4.90 Å². The molecule has 5 nitrogen and oxygen atoms in total. The van der Waals surface area contributed by atoms with Crippen LogP contribution in [0.1, 0.15) is 40.4 Å². The first-order valence-electron chi connectivity index (χ1n) is 11.5. The molecule has 1 heterocycles. The number of benzene rings is 3. The van der Waals surface area contributed by atoms with Gasteiger partial charge in [-0.2, -0.15) is 0 Å². The molecule has 34 heavy (non-hydrogen) atoms. The zero-order valence-electron chi connectivity index (χ0n) is 19.4. The topological polar surface area (TPSA) is 66.5 Å². The molecule has 4 rings (SSSR count). The number of imide groups is 1. The highest BCUT2D eigenvalue weighted by Gasteiger charge is 2.31. The van der Waals surface area contributed by atoms with Gasteiger partial charge >= 0.3 is 0 Å². The molecule has 1 N–H and O–H groups in total. The Morgan fingerprint density at radius 2 is 1.62 bits per heavy atom. The van der Waals surface area contributed by atoms with E-state index in [0.29, 0.717) is 18.5 Å². The van der Waals surface area contributed by atoms with Crippen molar-refractivity contribution < 1.29 is 14.4 Å². The summed E-state index contributed by atoms with van der Waals surface area (Å²) in [4.78, 5) is 37.8. The van der Waals surface area contributed by atoms with Crippen LogP contribution in [0.15, 0.2) is 72.8 Å². The summed E-state index contributed by atoms with van der Waals surface area (Å²) in [5.41, 5.74) is 6.14. The number of amides is 3. The van der Waals surface area contributed by atoms with Crippen LogP contribution in [-0.2, 0) is 24.2 Å². The van der Waals surface area contributed by atoms with Crippen LogP contribution in [0.5, 0.6) is 0 Å². The van der Waals surface area contributed by atoms with Crippen molar-refractivity contribution in [3.63, 3.8) is 0 Å². The summed E-state index contributed by atoms with van der Waals surface area (Å²) < 4.78 is 0. The normalized spacial score (nSPS) is 15.3. The van der Waals surface area contributed by atoms with Gasteiger partial charge in [0.2, 0.25) is 5.91 Å². The monoisotopic (exact) mass is 472 g/mol. The van der Waals surface area contributed by atoms with Gasteiger partial charge in [-0.1, -0.05) is 79.7 Å². The summed E-state index contributed by atoms with van der Waals surface area (Å²) in [6.45, 7) is 2.66. The molecule has 0 bridgehead atoms. The van der Waals surface area contributed by atoms with Gasteiger partial charge in [-0.25, -0.2) is 0 Å². The fraction of sp³-hybridized carbons (Fsp3) is 0.250. The van der Waals surface area contributed by atoms with E-state index in [1.165, 1.54) is 5.56 Å². The molecule has 1 aliphatic heterocycles. The van der Waals surface area contributed by atoms with Crippen molar-refractivity contribution >= 4 is 28.8 Å². The lowest BCUT2D eigenvalue weighted by molar-refractivity contribution is -0.118. The molecule has 174 valence electrons. The van der Waals surface area contributed by atoms with Crippen molar-refractivity contribution in [2.45, 2.75) is 38.0 Å². The average Bonchev–Trinajstić information content (AvgIpc) is 3.16. The minimum absolute atomic E-state index is 0.00473. The highest BCUT2D eigenvalue weighted by Crippen LogP contribution is 2.26. The smallest absolute Gasteiger partial charge is 0.286 e. The molecule has 3 aromatic carbocycles. The largest absolute Gasteiger partial charge is 0.337 e. The van der Waals surface area contributed by atoms with E-state index in [4.69, 9.17) is 0 Å². The van der Waals surface area contributed by atoms with Crippen LogP contribution >= 0.6 is 11.8 Å². The van der Waals surface area contributed by atoms with Crippen LogP contribution in [0.3, 0.4) is 0 Å². The van der Waals surface area contributed by atoms with Gasteiger partial charge in [0.1, 0.15) is 0 Å². The van der Waals surface area contributed by atoms with E-state index in [9.17, 15) is 14.4 Å². The number of carbonyl (C=O) groups excluding carboxylic acids is 3. The zero-order valence-corrected chi connectivity index (χ0v) is 20.2. The Morgan fingerprint density at radius 3 is 2.26 bits per heavy atom. The lowest BCUT2D eigenvalue weighted by Gasteiger charge is -2.18. The van der Waals surface area contributed by atoms with E-state index >= 15 is 0 Å². The van der Waals surface area contributed by atoms with E-state index in [2.05, 4.69) is 18.3 Å². The Labute approximate surface area is 204 Å². The molecule has 6 heteroatoms. The van der Waals surface area contributed by atoms with Crippen LogP contribution in [0.25, 0.3) is 11.1 Å². The first-order valence-corrected chi connectivity index (χ1v) is 12.3. The van der Waals surface area contributed by atoms with E-state index in [0.717, 1.165) is 46.9 Å². The second-order valence-corrected chi connectivity index (χ2v) is 9.77. The molecule has 0 spiro atoms. The SMILES string of the molecule is CCCc1ccc(C(=O)N(C)Cc2cccc(-c3ccc(CC4SC(=O)NC4=O)cc3)c2)cc1. The molecule has 0 saturated carbocycles. The van der Waals surface area contributed by atoms with Gasteiger partial charge in [0.05, 0.1) is 5.25 Å². The number of nitrogens with zero attached hydrogens (tertiary/aromatic N) is 1. The summed E-state index contributed by atoms with van der Waals surface area (Å²) >= 11 is 1.05. The lowest BCUT2D eigenvalue weighted by atomic mass is 10.00. The Hall–Kier alpha value is -3.38. The molecule has 1 saturated heterocycles. The fourth-order valence-electron chi connectivity index (χ4n) is 4.09. The van der Waals surface area contributed by atoms with Crippen LogP contribution in [0, 0.1) is 0 Å². The molecule has 3 amide bonds. The third-order valence-corrected chi connectivity index (χ3v) is 6.89. The molecule has 1 fully saturated rings. The number of rotatable bonds is 8. The van der Waals surface area contributed by atoms with Gasteiger partial charge in [-0.05, 0) is 58.9 Å².